The first-order chi connectivity index (χ1) is 6.83. The highest BCUT2D eigenvalue weighted by atomic mass is 32.2. The third-order valence-corrected chi connectivity index (χ3v) is 3.55. The lowest BCUT2D eigenvalue weighted by molar-refractivity contribution is 0.382. The van der Waals surface area contributed by atoms with Crippen LogP contribution >= 0.6 is 23.1 Å². The predicted molar refractivity (Wildman–Crippen MR) is 58.2 cm³/mol. The molecular formula is C8H9N3OS2. The second-order valence-corrected chi connectivity index (χ2v) is 4.95. The maximum absolute atomic E-state index is 4.94. The van der Waals surface area contributed by atoms with Gasteiger partial charge >= 0.3 is 6.01 Å². The van der Waals surface area contributed by atoms with Crippen molar-refractivity contribution in [3.63, 3.8) is 0 Å². The summed E-state index contributed by atoms with van der Waals surface area (Å²) in [6, 6.07) is 0.397. The van der Waals surface area contributed by atoms with Crippen LogP contribution in [0.25, 0.3) is 10.3 Å². The summed E-state index contributed by atoms with van der Waals surface area (Å²) >= 11 is 3.29. The van der Waals surface area contributed by atoms with Gasteiger partial charge in [-0.15, -0.1) is 0 Å². The third kappa shape index (κ3) is 1.80. The topological polar surface area (TPSA) is 47.9 Å². The van der Waals surface area contributed by atoms with E-state index in [0.717, 1.165) is 20.4 Å². The van der Waals surface area contributed by atoms with Gasteiger partial charge in [0.05, 0.1) is 13.3 Å². The average Bonchev–Trinajstić information content (AvgIpc) is 2.59. The van der Waals surface area contributed by atoms with Crippen molar-refractivity contribution in [3.8, 4) is 6.01 Å². The molecule has 0 saturated carbocycles. The van der Waals surface area contributed by atoms with E-state index in [1.807, 2.05) is 0 Å². The van der Waals surface area contributed by atoms with Crippen molar-refractivity contribution < 1.29 is 4.74 Å². The van der Waals surface area contributed by atoms with Gasteiger partial charge in [-0.25, -0.2) is 9.97 Å². The molecule has 74 valence electrons. The number of aromatic nitrogens is 3. The Hall–Kier alpha value is -0.880. The smallest absolute Gasteiger partial charge is 0.317 e. The van der Waals surface area contributed by atoms with Crippen molar-refractivity contribution >= 4 is 33.4 Å². The fourth-order valence-electron chi connectivity index (χ4n) is 0.984. The Labute approximate surface area is 89.7 Å². The number of hydrogen-bond acceptors (Lipinski definition) is 6. The Balaban J connectivity index is 2.43. The molecule has 0 fully saturated rings. The first-order valence-electron chi connectivity index (χ1n) is 4.14. The van der Waals surface area contributed by atoms with Crippen LogP contribution in [0.5, 0.6) is 6.01 Å². The number of hydrogen-bond donors (Lipinski definition) is 0. The van der Waals surface area contributed by atoms with E-state index in [2.05, 4.69) is 21.9 Å². The Morgan fingerprint density at radius 2 is 2.36 bits per heavy atom. The molecular weight excluding hydrogens is 218 g/mol. The van der Waals surface area contributed by atoms with Crippen LogP contribution in [-0.2, 0) is 0 Å². The zero-order chi connectivity index (χ0) is 9.97. The molecule has 2 heterocycles. The summed E-state index contributed by atoms with van der Waals surface area (Å²) in [6.45, 7) is 2.10. The predicted octanol–water partition coefficient (Wildman–Crippen LogP) is 2.21. The molecule has 2 aromatic rings. The van der Waals surface area contributed by atoms with E-state index in [1.54, 1.807) is 36.4 Å². The summed E-state index contributed by atoms with van der Waals surface area (Å²) in [7, 11) is 1.56. The van der Waals surface area contributed by atoms with Crippen molar-refractivity contribution in [2.45, 2.75) is 11.3 Å². The van der Waals surface area contributed by atoms with Crippen LogP contribution in [0, 0.1) is 0 Å². The zero-order valence-corrected chi connectivity index (χ0v) is 9.48. The highest BCUT2D eigenvalue weighted by Crippen LogP contribution is 2.28. The largest absolute Gasteiger partial charge is 0.467 e. The summed E-state index contributed by atoms with van der Waals surface area (Å²) in [6.07, 6.45) is 1.69. The van der Waals surface area contributed by atoms with Crippen molar-refractivity contribution in [2.75, 3.05) is 12.9 Å². The molecule has 0 saturated heterocycles. The quantitative estimate of drug-likeness (QED) is 0.752. The van der Waals surface area contributed by atoms with Crippen molar-refractivity contribution in [3.05, 3.63) is 6.20 Å². The highest BCUT2D eigenvalue weighted by Gasteiger charge is 2.06. The summed E-state index contributed by atoms with van der Waals surface area (Å²) < 4.78 is 5.97. The fourth-order valence-corrected chi connectivity index (χ4v) is 2.86. The van der Waals surface area contributed by atoms with E-state index in [-0.39, 0.29) is 0 Å². The number of methoxy groups -OCH3 is 1. The van der Waals surface area contributed by atoms with Gasteiger partial charge in [-0.2, -0.15) is 4.98 Å². The first-order valence-corrected chi connectivity index (χ1v) is 5.94. The molecule has 0 aromatic carbocycles. The minimum atomic E-state index is 0.397. The highest BCUT2D eigenvalue weighted by molar-refractivity contribution is 8.01. The number of thiazole rings is 1. The summed E-state index contributed by atoms with van der Waals surface area (Å²) in [5, 5.41) is 0. The molecule has 0 N–H and O–H groups in total. The molecule has 0 aliphatic carbocycles. The van der Waals surface area contributed by atoms with Gasteiger partial charge in [0.2, 0.25) is 0 Å². The molecule has 0 aliphatic rings. The van der Waals surface area contributed by atoms with Crippen LogP contribution in [0.2, 0.25) is 0 Å². The standard InChI is InChI=1S/C8H9N3OS2/c1-3-13-8-10-5-4-9-7(12-2)11-6(5)14-8/h4H,3H2,1-2H3. The Morgan fingerprint density at radius 3 is 3.07 bits per heavy atom. The Kier molecular flexibility index (Phi) is 2.83. The van der Waals surface area contributed by atoms with Crippen molar-refractivity contribution in [1.29, 1.82) is 0 Å². The van der Waals surface area contributed by atoms with Crippen LogP contribution in [0.4, 0.5) is 0 Å². The van der Waals surface area contributed by atoms with Crippen LogP contribution < -0.4 is 4.74 Å². The second-order valence-electron chi connectivity index (χ2n) is 2.46. The number of thioether (sulfide) groups is 1. The molecule has 0 bridgehead atoms. The minimum Gasteiger partial charge on any atom is -0.467 e. The minimum absolute atomic E-state index is 0.397. The lowest BCUT2D eigenvalue weighted by Crippen LogP contribution is -1.89. The number of nitrogens with zero attached hydrogens (tertiary/aromatic N) is 3. The number of fused-ring (bicyclic) bond motifs is 1. The Morgan fingerprint density at radius 1 is 1.50 bits per heavy atom. The molecule has 0 aliphatic heterocycles. The normalized spacial score (nSPS) is 10.7. The van der Waals surface area contributed by atoms with Crippen LogP contribution in [0.1, 0.15) is 6.92 Å². The molecule has 0 radical (unpaired) electrons. The molecule has 4 nitrogen and oxygen atoms in total. The molecule has 2 rings (SSSR count). The van der Waals surface area contributed by atoms with Gasteiger partial charge in [-0.3, -0.25) is 0 Å². The summed E-state index contributed by atoms with van der Waals surface area (Å²) in [5.41, 5.74) is 0.840. The van der Waals surface area contributed by atoms with Crippen molar-refractivity contribution in [1.82, 2.24) is 15.0 Å². The van der Waals surface area contributed by atoms with E-state index < -0.39 is 0 Å². The Bertz CT molecular complexity index is 443. The van der Waals surface area contributed by atoms with Crippen LogP contribution in [0.3, 0.4) is 0 Å². The van der Waals surface area contributed by atoms with Gasteiger partial charge in [0, 0.05) is 0 Å². The SMILES string of the molecule is CCSc1nc2cnc(OC)nc2s1. The van der Waals surface area contributed by atoms with Crippen LogP contribution in [0.15, 0.2) is 10.5 Å². The molecule has 0 unspecified atom stereocenters. The number of ether oxygens (including phenoxy) is 1. The van der Waals surface area contributed by atoms with Gasteiger partial charge in [-0.05, 0) is 5.75 Å². The van der Waals surface area contributed by atoms with Gasteiger partial charge < -0.3 is 4.74 Å². The number of rotatable bonds is 3. The van der Waals surface area contributed by atoms with Gasteiger partial charge in [0.1, 0.15) is 5.52 Å². The lowest BCUT2D eigenvalue weighted by Gasteiger charge is -1.93. The van der Waals surface area contributed by atoms with E-state index in [1.165, 1.54) is 0 Å². The average molecular weight is 227 g/mol. The van der Waals surface area contributed by atoms with Gasteiger partial charge in [-0.1, -0.05) is 30.0 Å². The molecule has 6 heteroatoms. The maximum atomic E-state index is 4.94. The monoisotopic (exact) mass is 227 g/mol. The van der Waals surface area contributed by atoms with Gasteiger partial charge in [0.15, 0.2) is 9.17 Å². The van der Waals surface area contributed by atoms with Crippen LogP contribution in [-0.4, -0.2) is 27.8 Å². The summed E-state index contributed by atoms with van der Waals surface area (Å²) in [5.74, 6) is 1.02. The van der Waals surface area contributed by atoms with Crippen molar-refractivity contribution in [2.24, 2.45) is 0 Å². The molecule has 2 aromatic heterocycles. The third-order valence-electron chi connectivity index (χ3n) is 1.56. The lowest BCUT2D eigenvalue weighted by atomic mass is 10.6. The molecule has 14 heavy (non-hydrogen) atoms. The fraction of sp³-hybridized carbons (Fsp3) is 0.375. The molecule has 0 atom stereocenters. The first kappa shape index (κ1) is 9.67. The molecule has 0 spiro atoms. The maximum Gasteiger partial charge on any atom is 0.317 e. The van der Waals surface area contributed by atoms with E-state index in [9.17, 15) is 0 Å². The zero-order valence-electron chi connectivity index (χ0n) is 7.85. The molecule has 0 amide bonds. The van der Waals surface area contributed by atoms with Gasteiger partial charge in [0.25, 0.3) is 0 Å². The second kappa shape index (κ2) is 4.10. The van der Waals surface area contributed by atoms with E-state index in [0.29, 0.717) is 6.01 Å². The summed E-state index contributed by atoms with van der Waals surface area (Å²) in [4.78, 5) is 13.5. The van der Waals surface area contributed by atoms with E-state index >= 15 is 0 Å². The van der Waals surface area contributed by atoms with E-state index in [4.69, 9.17) is 4.74 Å².